The first kappa shape index (κ1) is 19.3. The number of barbiturate groups is 1. The number of anilines is 1. The van der Waals surface area contributed by atoms with Gasteiger partial charge >= 0.3 is 6.03 Å². The summed E-state index contributed by atoms with van der Waals surface area (Å²) in [4.78, 5) is 37.9. The molecule has 9 heteroatoms. The summed E-state index contributed by atoms with van der Waals surface area (Å²) in [6.07, 6.45) is 1.24. The minimum atomic E-state index is -0.979. The van der Waals surface area contributed by atoms with Crippen molar-refractivity contribution in [3.63, 3.8) is 0 Å². The van der Waals surface area contributed by atoms with Gasteiger partial charge in [-0.15, -0.1) is 0 Å². The molecule has 3 rings (SSSR count). The summed E-state index contributed by atoms with van der Waals surface area (Å²) in [6, 6.07) is 10.5. The van der Waals surface area contributed by atoms with Crippen LogP contribution in [0.15, 0.2) is 52.5 Å². The number of nitrogens with zero attached hydrogens (tertiary/aromatic N) is 2. The molecule has 0 spiro atoms. The van der Waals surface area contributed by atoms with Gasteiger partial charge in [-0.1, -0.05) is 22.0 Å². The van der Waals surface area contributed by atoms with Crippen molar-refractivity contribution in [1.82, 2.24) is 5.32 Å². The minimum Gasteiger partial charge on any atom is -0.478 e. The van der Waals surface area contributed by atoms with Crippen molar-refractivity contribution >= 4 is 45.5 Å². The summed E-state index contributed by atoms with van der Waals surface area (Å²) in [5.41, 5.74) is -0.0171. The number of amides is 4. The maximum Gasteiger partial charge on any atom is 0.335 e. The normalized spacial score (nSPS) is 15.4. The lowest BCUT2D eigenvalue weighted by Crippen LogP contribution is -2.54. The number of nitrogens with one attached hydrogen (secondary N) is 1. The first-order chi connectivity index (χ1) is 13.4. The van der Waals surface area contributed by atoms with Crippen LogP contribution in [-0.4, -0.2) is 24.5 Å². The van der Waals surface area contributed by atoms with Crippen LogP contribution in [0.25, 0.3) is 6.08 Å². The molecule has 1 aliphatic heterocycles. The fourth-order valence-electron chi connectivity index (χ4n) is 2.54. The molecule has 2 aromatic rings. The molecule has 4 amide bonds. The Morgan fingerprint density at radius 3 is 2.71 bits per heavy atom. The van der Waals surface area contributed by atoms with Crippen molar-refractivity contribution in [1.29, 1.82) is 5.26 Å². The number of ether oxygens (including phenoxy) is 1. The predicted octanol–water partition coefficient (Wildman–Crippen LogP) is 3.16. The summed E-state index contributed by atoms with van der Waals surface area (Å²) < 4.78 is 19.5. The summed E-state index contributed by atoms with van der Waals surface area (Å²) in [5.74, 6) is -2.17. The number of carbonyl (C=O) groups is 3. The van der Waals surface area contributed by atoms with Crippen LogP contribution in [0.3, 0.4) is 0 Å². The third kappa shape index (κ3) is 3.92. The van der Waals surface area contributed by atoms with Gasteiger partial charge < -0.3 is 4.74 Å². The molecule has 0 bridgehead atoms. The molecule has 0 saturated carbocycles. The van der Waals surface area contributed by atoms with Crippen LogP contribution in [0.5, 0.6) is 5.75 Å². The van der Waals surface area contributed by atoms with Crippen molar-refractivity contribution in [2.75, 3.05) is 11.5 Å². The molecule has 1 heterocycles. The van der Waals surface area contributed by atoms with Crippen molar-refractivity contribution in [3.05, 3.63) is 63.9 Å². The van der Waals surface area contributed by atoms with Crippen molar-refractivity contribution < 1.29 is 23.5 Å². The van der Waals surface area contributed by atoms with Gasteiger partial charge in [0.15, 0.2) is 6.61 Å². The second-order valence-corrected chi connectivity index (χ2v) is 6.48. The summed E-state index contributed by atoms with van der Waals surface area (Å²) in [7, 11) is 0. The second kappa shape index (κ2) is 8.02. The van der Waals surface area contributed by atoms with E-state index in [4.69, 9.17) is 10.00 Å². The Bertz CT molecular complexity index is 1060. The van der Waals surface area contributed by atoms with Gasteiger partial charge in [0.05, 0.1) is 5.69 Å². The van der Waals surface area contributed by atoms with Crippen LogP contribution in [0.4, 0.5) is 14.9 Å². The Kier molecular flexibility index (Phi) is 5.52. The number of nitriles is 1. The molecule has 0 aliphatic carbocycles. The van der Waals surface area contributed by atoms with Crippen LogP contribution in [0.2, 0.25) is 0 Å². The highest BCUT2D eigenvalue weighted by Gasteiger charge is 2.37. The largest absolute Gasteiger partial charge is 0.478 e. The number of halogens is 2. The second-order valence-electron chi connectivity index (χ2n) is 5.57. The molecule has 1 fully saturated rings. The molecular weight excluding hydrogens is 433 g/mol. The van der Waals surface area contributed by atoms with Crippen LogP contribution in [0, 0.1) is 17.1 Å². The summed E-state index contributed by atoms with van der Waals surface area (Å²) >= 11 is 3.28. The SMILES string of the molecule is N#CCOc1ccc(Br)cc1/C=C1\C(=O)NC(=O)N(c2cccc(F)c2)C1=O. The molecule has 0 aromatic heterocycles. The molecule has 1 N–H and O–H groups in total. The maximum atomic E-state index is 13.5. The molecule has 0 atom stereocenters. The van der Waals surface area contributed by atoms with E-state index in [0.29, 0.717) is 14.9 Å². The number of hydrogen-bond donors (Lipinski definition) is 1. The van der Waals surface area contributed by atoms with Gasteiger partial charge in [-0.25, -0.2) is 14.1 Å². The van der Waals surface area contributed by atoms with E-state index in [9.17, 15) is 18.8 Å². The Hall–Kier alpha value is -3.51. The quantitative estimate of drug-likeness (QED) is 0.577. The van der Waals surface area contributed by atoms with E-state index in [0.717, 1.165) is 12.1 Å². The molecule has 1 aliphatic rings. The zero-order valence-electron chi connectivity index (χ0n) is 14.1. The van der Waals surface area contributed by atoms with Gasteiger partial charge in [0.1, 0.15) is 23.2 Å². The third-order valence-corrected chi connectivity index (χ3v) is 4.23. The van der Waals surface area contributed by atoms with Crippen molar-refractivity contribution in [3.8, 4) is 11.8 Å². The van der Waals surface area contributed by atoms with Crippen LogP contribution < -0.4 is 15.0 Å². The van der Waals surface area contributed by atoms with Gasteiger partial charge in [0, 0.05) is 10.0 Å². The zero-order chi connectivity index (χ0) is 20.3. The van der Waals surface area contributed by atoms with Crippen LogP contribution in [-0.2, 0) is 9.59 Å². The number of urea groups is 1. The first-order valence-electron chi connectivity index (χ1n) is 7.87. The van der Waals surface area contributed by atoms with Crippen LogP contribution in [0.1, 0.15) is 5.56 Å². The van der Waals surface area contributed by atoms with Gasteiger partial charge in [0.25, 0.3) is 11.8 Å². The number of rotatable bonds is 4. The molecule has 0 radical (unpaired) electrons. The van der Waals surface area contributed by atoms with E-state index >= 15 is 0 Å². The van der Waals surface area contributed by atoms with Crippen molar-refractivity contribution in [2.24, 2.45) is 0 Å². The van der Waals surface area contributed by atoms with Gasteiger partial charge in [-0.05, 0) is 42.5 Å². The van der Waals surface area contributed by atoms with E-state index in [1.807, 2.05) is 6.07 Å². The lowest BCUT2D eigenvalue weighted by molar-refractivity contribution is -0.122. The average molecular weight is 444 g/mol. The molecular formula is C19H11BrFN3O4. The Morgan fingerprint density at radius 1 is 1.21 bits per heavy atom. The topological polar surface area (TPSA) is 99.5 Å². The highest BCUT2D eigenvalue weighted by atomic mass is 79.9. The molecule has 7 nitrogen and oxygen atoms in total. The Morgan fingerprint density at radius 2 is 2.00 bits per heavy atom. The summed E-state index contributed by atoms with van der Waals surface area (Å²) in [6.45, 7) is -0.230. The van der Waals surface area contributed by atoms with E-state index in [1.54, 1.807) is 18.2 Å². The van der Waals surface area contributed by atoms with Gasteiger partial charge in [-0.3, -0.25) is 14.9 Å². The Balaban J connectivity index is 2.05. The van der Waals surface area contributed by atoms with Gasteiger partial charge in [0.2, 0.25) is 0 Å². The van der Waals surface area contributed by atoms with E-state index in [1.165, 1.54) is 18.2 Å². The lowest BCUT2D eigenvalue weighted by atomic mass is 10.1. The van der Waals surface area contributed by atoms with E-state index in [2.05, 4.69) is 21.2 Å². The highest BCUT2D eigenvalue weighted by Crippen LogP contribution is 2.28. The zero-order valence-corrected chi connectivity index (χ0v) is 15.7. The van der Waals surface area contributed by atoms with Crippen LogP contribution >= 0.6 is 15.9 Å². The lowest BCUT2D eigenvalue weighted by Gasteiger charge is -2.26. The average Bonchev–Trinajstić information content (AvgIpc) is 2.64. The molecule has 0 unspecified atom stereocenters. The standard InChI is InChI=1S/C19H11BrFN3O4/c20-12-4-5-16(28-7-6-22)11(8-12)9-15-17(25)23-19(27)24(18(15)26)14-3-1-2-13(21)10-14/h1-5,8-10H,7H2,(H,23,25,27)/b15-9+. The molecule has 2 aromatic carbocycles. The molecule has 1 saturated heterocycles. The number of benzene rings is 2. The van der Waals surface area contributed by atoms with Gasteiger partial charge in [-0.2, -0.15) is 5.26 Å². The Labute approximate surface area is 167 Å². The smallest absolute Gasteiger partial charge is 0.335 e. The van der Waals surface area contributed by atoms with E-state index in [-0.39, 0.29) is 23.6 Å². The summed E-state index contributed by atoms with van der Waals surface area (Å²) in [5, 5.41) is 10.8. The highest BCUT2D eigenvalue weighted by molar-refractivity contribution is 9.10. The number of hydrogen-bond acceptors (Lipinski definition) is 5. The molecule has 140 valence electrons. The fraction of sp³-hybridized carbons (Fsp3) is 0.0526. The predicted molar refractivity (Wildman–Crippen MR) is 101 cm³/mol. The van der Waals surface area contributed by atoms with E-state index < -0.39 is 23.7 Å². The number of imide groups is 2. The fourth-order valence-corrected chi connectivity index (χ4v) is 2.92. The number of carbonyl (C=O) groups excluding carboxylic acids is 3. The monoisotopic (exact) mass is 443 g/mol. The minimum absolute atomic E-state index is 0.0175. The van der Waals surface area contributed by atoms with Crippen molar-refractivity contribution in [2.45, 2.75) is 0 Å². The maximum absolute atomic E-state index is 13.5. The molecule has 28 heavy (non-hydrogen) atoms. The first-order valence-corrected chi connectivity index (χ1v) is 8.66. The third-order valence-electron chi connectivity index (χ3n) is 3.73.